The fraction of sp³-hybridized carbons (Fsp3) is 0.467. The van der Waals surface area contributed by atoms with Crippen molar-refractivity contribution in [3.05, 3.63) is 29.8 Å². The van der Waals surface area contributed by atoms with Gasteiger partial charge in [-0.3, -0.25) is 0 Å². The molecule has 1 heterocycles. The van der Waals surface area contributed by atoms with Crippen LogP contribution in [0.1, 0.15) is 31.2 Å². The number of carbonyl (C=O) groups excluding carboxylic acids is 1. The third-order valence-electron chi connectivity index (χ3n) is 3.63. The average molecular weight is 272 g/mol. The Labute approximate surface area is 119 Å². The first kappa shape index (κ1) is 14.4. The predicted molar refractivity (Wildman–Crippen MR) is 78.2 cm³/mol. The number of rotatable bonds is 3. The minimum absolute atomic E-state index is 0.0989. The van der Waals surface area contributed by atoms with Gasteiger partial charge in [0, 0.05) is 18.3 Å². The van der Waals surface area contributed by atoms with Gasteiger partial charge < -0.3 is 16.0 Å². The van der Waals surface area contributed by atoms with Crippen LogP contribution in [0.3, 0.4) is 0 Å². The van der Waals surface area contributed by atoms with Crippen molar-refractivity contribution in [2.24, 2.45) is 5.73 Å². The first-order valence-electron chi connectivity index (χ1n) is 7.02. The lowest BCUT2D eigenvalue weighted by atomic mass is 10.00. The van der Waals surface area contributed by atoms with Crippen molar-refractivity contribution < 1.29 is 4.79 Å². The number of hydrogen-bond acceptors (Lipinski definition) is 3. The van der Waals surface area contributed by atoms with E-state index in [1.807, 2.05) is 4.90 Å². The fourth-order valence-electron chi connectivity index (χ4n) is 2.62. The normalized spacial score (nSPS) is 18.4. The first-order valence-corrected chi connectivity index (χ1v) is 7.02. The SMILES string of the molecule is N#Cc1cccc(NC(=O)N2CCCCC2CCN)c1. The summed E-state index contributed by atoms with van der Waals surface area (Å²) in [6.07, 6.45) is 4.04. The number of carbonyl (C=O) groups is 1. The molecule has 0 radical (unpaired) electrons. The number of piperidine rings is 1. The van der Waals surface area contributed by atoms with Gasteiger partial charge in [0.2, 0.25) is 0 Å². The van der Waals surface area contributed by atoms with E-state index in [9.17, 15) is 4.79 Å². The summed E-state index contributed by atoms with van der Waals surface area (Å²) in [7, 11) is 0. The molecule has 2 rings (SSSR count). The van der Waals surface area contributed by atoms with E-state index in [0.717, 1.165) is 32.2 Å². The summed E-state index contributed by atoms with van der Waals surface area (Å²) < 4.78 is 0. The highest BCUT2D eigenvalue weighted by Crippen LogP contribution is 2.20. The Balaban J connectivity index is 2.04. The molecule has 1 aromatic carbocycles. The molecule has 3 N–H and O–H groups in total. The van der Waals surface area contributed by atoms with Gasteiger partial charge in [0.05, 0.1) is 11.6 Å². The molecular weight excluding hydrogens is 252 g/mol. The van der Waals surface area contributed by atoms with Gasteiger partial charge in [-0.1, -0.05) is 6.07 Å². The van der Waals surface area contributed by atoms with Gasteiger partial charge in [0.15, 0.2) is 0 Å². The van der Waals surface area contributed by atoms with Crippen molar-refractivity contribution in [2.45, 2.75) is 31.7 Å². The molecule has 0 aromatic heterocycles. The summed E-state index contributed by atoms with van der Waals surface area (Å²) in [5.41, 5.74) is 6.82. The molecular formula is C15H20N4O. The Morgan fingerprint density at radius 1 is 1.50 bits per heavy atom. The maximum Gasteiger partial charge on any atom is 0.322 e. The molecule has 5 nitrogen and oxygen atoms in total. The van der Waals surface area contributed by atoms with Gasteiger partial charge in [0.25, 0.3) is 0 Å². The molecule has 1 saturated heterocycles. The van der Waals surface area contributed by atoms with E-state index in [-0.39, 0.29) is 12.1 Å². The average Bonchev–Trinajstić information content (AvgIpc) is 2.48. The lowest BCUT2D eigenvalue weighted by Crippen LogP contribution is -2.46. The first-order chi connectivity index (χ1) is 9.74. The van der Waals surface area contributed by atoms with Crippen LogP contribution in [0.25, 0.3) is 0 Å². The second-order valence-corrected chi connectivity index (χ2v) is 5.04. The molecule has 106 valence electrons. The van der Waals surface area contributed by atoms with Crippen molar-refractivity contribution >= 4 is 11.7 Å². The number of urea groups is 1. The molecule has 0 aliphatic carbocycles. The zero-order chi connectivity index (χ0) is 14.4. The van der Waals surface area contributed by atoms with Gasteiger partial charge in [-0.2, -0.15) is 5.26 Å². The Hall–Kier alpha value is -2.06. The van der Waals surface area contributed by atoms with Crippen LogP contribution in [-0.2, 0) is 0 Å². The minimum Gasteiger partial charge on any atom is -0.330 e. The molecule has 20 heavy (non-hydrogen) atoms. The predicted octanol–water partition coefficient (Wildman–Crippen LogP) is 2.29. The number of anilines is 1. The Morgan fingerprint density at radius 3 is 3.10 bits per heavy atom. The van der Waals surface area contributed by atoms with Crippen LogP contribution in [0.4, 0.5) is 10.5 Å². The van der Waals surface area contributed by atoms with Crippen LogP contribution in [-0.4, -0.2) is 30.1 Å². The van der Waals surface area contributed by atoms with Gasteiger partial charge in [0.1, 0.15) is 0 Å². The second-order valence-electron chi connectivity index (χ2n) is 5.04. The fourth-order valence-corrected chi connectivity index (χ4v) is 2.62. The van der Waals surface area contributed by atoms with Gasteiger partial charge in [-0.15, -0.1) is 0 Å². The van der Waals surface area contributed by atoms with Gasteiger partial charge >= 0.3 is 6.03 Å². The van der Waals surface area contributed by atoms with Crippen LogP contribution in [0.15, 0.2) is 24.3 Å². The van der Waals surface area contributed by atoms with Crippen LogP contribution < -0.4 is 11.1 Å². The summed E-state index contributed by atoms with van der Waals surface area (Å²) in [5.74, 6) is 0. The molecule has 0 saturated carbocycles. The number of nitrogens with two attached hydrogens (primary N) is 1. The van der Waals surface area contributed by atoms with Gasteiger partial charge in [-0.05, 0) is 50.4 Å². The maximum atomic E-state index is 12.3. The van der Waals surface area contributed by atoms with E-state index in [1.165, 1.54) is 0 Å². The lowest BCUT2D eigenvalue weighted by Gasteiger charge is -2.35. The number of nitriles is 1. The summed E-state index contributed by atoms with van der Waals surface area (Å²) in [4.78, 5) is 14.2. The zero-order valence-corrected chi connectivity index (χ0v) is 11.5. The zero-order valence-electron chi connectivity index (χ0n) is 11.5. The standard InChI is InChI=1S/C15H20N4O/c16-8-7-14-6-1-2-9-19(14)15(20)18-13-5-3-4-12(10-13)11-17/h3-5,10,14H,1-2,6-9,16H2,(H,18,20). The van der Waals surface area contributed by atoms with Crippen LogP contribution in [0, 0.1) is 11.3 Å². The molecule has 0 spiro atoms. The Bertz CT molecular complexity index is 507. The monoisotopic (exact) mass is 272 g/mol. The Morgan fingerprint density at radius 2 is 2.35 bits per heavy atom. The summed E-state index contributed by atoms with van der Waals surface area (Å²) >= 11 is 0. The molecule has 1 atom stereocenters. The number of benzene rings is 1. The summed E-state index contributed by atoms with van der Waals surface area (Å²) in [5, 5.41) is 11.7. The van der Waals surface area contributed by atoms with Crippen LogP contribution in [0.2, 0.25) is 0 Å². The largest absolute Gasteiger partial charge is 0.330 e. The molecule has 1 fully saturated rings. The molecule has 1 unspecified atom stereocenters. The van der Waals surface area contributed by atoms with E-state index < -0.39 is 0 Å². The highest BCUT2D eigenvalue weighted by Gasteiger charge is 2.25. The van der Waals surface area contributed by atoms with Crippen LogP contribution >= 0.6 is 0 Å². The van der Waals surface area contributed by atoms with E-state index >= 15 is 0 Å². The van der Waals surface area contributed by atoms with Crippen molar-refractivity contribution in [1.82, 2.24) is 4.90 Å². The highest BCUT2D eigenvalue weighted by atomic mass is 16.2. The molecule has 1 aromatic rings. The summed E-state index contributed by atoms with van der Waals surface area (Å²) in [6.45, 7) is 1.37. The smallest absolute Gasteiger partial charge is 0.322 e. The molecule has 1 aliphatic rings. The molecule has 1 aliphatic heterocycles. The molecule has 2 amide bonds. The molecule has 0 bridgehead atoms. The number of nitrogens with one attached hydrogen (secondary N) is 1. The third kappa shape index (κ3) is 3.49. The quantitative estimate of drug-likeness (QED) is 0.885. The number of amides is 2. The van der Waals surface area contributed by atoms with Crippen molar-refractivity contribution in [1.29, 1.82) is 5.26 Å². The topological polar surface area (TPSA) is 82.2 Å². The number of likely N-dealkylation sites (tertiary alicyclic amines) is 1. The van der Waals surface area contributed by atoms with E-state index in [4.69, 9.17) is 11.0 Å². The third-order valence-corrected chi connectivity index (χ3v) is 3.63. The lowest BCUT2D eigenvalue weighted by molar-refractivity contribution is 0.159. The Kier molecular flexibility index (Phi) is 4.97. The minimum atomic E-state index is -0.0989. The van der Waals surface area contributed by atoms with Crippen molar-refractivity contribution in [3.8, 4) is 6.07 Å². The van der Waals surface area contributed by atoms with Gasteiger partial charge in [-0.25, -0.2) is 4.79 Å². The van der Waals surface area contributed by atoms with E-state index in [2.05, 4.69) is 11.4 Å². The van der Waals surface area contributed by atoms with Crippen molar-refractivity contribution in [3.63, 3.8) is 0 Å². The molecule has 5 heteroatoms. The number of hydrogen-bond donors (Lipinski definition) is 2. The summed E-state index contributed by atoms with van der Waals surface area (Å²) in [6, 6.07) is 9.15. The van der Waals surface area contributed by atoms with Crippen LogP contribution in [0.5, 0.6) is 0 Å². The number of nitrogens with zero attached hydrogens (tertiary/aromatic N) is 2. The van der Waals surface area contributed by atoms with E-state index in [0.29, 0.717) is 17.8 Å². The maximum absolute atomic E-state index is 12.3. The highest BCUT2D eigenvalue weighted by molar-refractivity contribution is 5.89. The van der Waals surface area contributed by atoms with Crippen molar-refractivity contribution in [2.75, 3.05) is 18.4 Å². The van der Waals surface area contributed by atoms with E-state index in [1.54, 1.807) is 24.3 Å². The second kappa shape index (κ2) is 6.92.